The quantitative estimate of drug-likeness (QED) is 0.757. The molecule has 4 nitrogen and oxygen atoms in total. The summed E-state index contributed by atoms with van der Waals surface area (Å²) in [4.78, 5) is 17.3. The Morgan fingerprint density at radius 3 is 3.06 bits per heavy atom. The van der Waals surface area contributed by atoms with Gasteiger partial charge in [0.2, 0.25) is 5.91 Å². The number of carbonyl (C=O) groups excluding carboxylic acids is 1. The number of nitrogens with zero attached hydrogens (tertiary/aromatic N) is 3. The van der Waals surface area contributed by atoms with E-state index in [0.717, 1.165) is 10.7 Å². The fraction of sp³-hybridized carbons (Fsp3) is 0.273. The van der Waals surface area contributed by atoms with Crippen molar-refractivity contribution in [2.75, 3.05) is 19.8 Å². The Morgan fingerprint density at radius 2 is 2.31 bits per heavy atom. The first-order chi connectivity index (χ1) is 7.68. The SMILES string of the molecule is CN(C)C(=O)CSc1ncc2ccccn12. The first kappa shape index (κ1) is 11.0. The number of imidazole rings is 1. The third-order valence-corrected chi connectivity index (χ3v) is 3.18. The molecule has 0 N–H and O–H groups in total. The monoisotopic (exact) mass is 235 g/mol. The van der Waals surface area contributed by atoms with Crippen molar-refractivity contribution in [3.8, 4) is 0 Å². The highest BCUT2D eigenvalue weighted by Crippen LogP contribution is 2.18. The van der Waals surface area contributed by atoms with E-state index in [1.807, 2.05) is 35.0 Å². The van der Waals surface area contributed by atoms with E-state index in [4.69, 9.17) is 0 Å². The smallest absolute Gasteiger partial charge is 0.232 e. The van der Waals surface area contributed by atoms with Gasteiger partial charge in [-0.2, -0.15) is 0 Å². The number of carbonyl (C=O) groups is 1. The summed E-state index contributed by atoms with van der Waals surface area (Å²) >= 11 is 1.45. The van der Waals surface area contributed by atoms with Crippen LogP contribution >= 0.6 is 11.8 Å². The predicted molar refractivity (Wildman–Crippen MR) is 64.6 cm³/mol. The third-order valence-electron chi connectivity index (χ3n) is 2.23. The van der Waals surface area contributed by atoms with Crippen molar-refractivity contribution in [1.29, 1.82) is 0 Å². The van der Waals surface area contributed by atoms with Gasteiger partial charge in [-0.15, -0.1) is 0 Å². The van der Waals surface area contributed by atoms with Crippen LogP contribution in [0.2, 0.25) is 0 Å². The average molecular weight is 235 g/mol. The Labute approximate surface area is 98.3 Å². The van der Waals surface area contributed by atoms with Gasteiger partial charge in [-0.1, -0.05) is 17.8 Å². The number of aromatic nitrogens is 2. The van der Waals surface area contributed by atoms with Crippen LogP contribution in [0.25, 0.3) is 5.52 Å². The molecule has 2 heterocycles. The first-order valence-corrected chi connectivity index (χ1v) is 5.92. The summed E-state index contributed by atoms with van der Waals surface area (Å²) in [5.74, 6) is 0.513. The van der Waals surface area contributed by atoms with E-state index >= 15 is 0 Å². The lowest BCUT2D eigenvalue weighted by Crippen LogP contribution is -2.23. The summed E-state index contributed by atoms with van der Waals surface area (Å²) < 4.78 is 1.98. The van der Waals surface area contributed by atoms with Gasteiger partial charge in [0, 0.05) is 20.3 Å². The molecule has 0 saturated carbocycles. The van der Waals surface area contributed by atoms with Crippen molar-refractivity contribution in [3.63, 3.8) is 0 Å². The molecule has 0 aliphatic carbocycles. The summed E-state index contributed by atoms with van der Waals surface area (Å²) in [6.07, 6.45) is 3.76. The molecule has 1 amide bonds. The molecule has 0 aromatic carbocycles. The number of rotatable bonds is 3. The van der Waals surface area contributed by atoms with E-state index in [0.29, 0.717) is 5.75 Å². The van der Waals surface area contributed by atoms with Crippen molar-refractivity contribution in [2.24, 2.45) is 0 Å². The van der Waals surface area contributed by atoms with Gasteiger partial charge in [0.05, 0.1) is 17.5 Å². The zero-order chi connectivity index (χ0) is 11.5. The van der Waals surface area contributed by atoms with Crippen molar-refractivity contribution in [2.45, 2.75) is 5.16 Å². The van der Waals surface area contributed by atoms with Crippen LogP contribution in [0, 0.1) is 0 Å². The molecule has 0 spiro atoms. The van der Waals surface area contributed by atoms with Gasteiger partial charge in [0.1, 0.15) is 0 Å². The topological polar surface area (TPSA) is 37.6 Å². The minimum Gasteiger partial charge on any atom is -0.348 e. The lowest BCUT2D eigenvalue weighted by atomic mass is 10.4. The Hall–Kier alpha value is -1.49. The molecule has 0 aliphatic rings. The predicted octanol–water partition coefficient (Wildman–Crippen LogP) is 1.51. The molecule has 5 heteroatoms. The summed E-state index contributed by atoms with van der Waals surface area (Å²) in [6, 6.07) is 5.91. The molecule has 0 fully saturated rings. The van der Waals surface area contributed by atoms with Crippen LogP contribution in [-0.2, 0) is 4.79 Å². The maximum Gasteiger partial charge on any atom is 0.232 e. The zero-order valence-electron chi connectivity index (χ0n) is 9.25. The molecule has 2 rings (SSSR count). The van der Waals surface area contributed by atoms with E-state index in [1.54, 1.807) is 19.0 Å². The molecular formula is C11H13N3OS. The van der Waals surface area contributed by atoms with Crippen LogP contribution in [0.15, 0.2) is 35.7 Å². The minimum absolute atomic E-state index is 0.0951. The highest BCUT2D eigenvalue weighted by molar-refractivity contribution is 7.99. The van der Waals surface area contributed by atoms with Crippen molar-refractivity contribution >= 4 is 23.2 Å². The Morgan fingerprint density at radius 1 is 1.50 bits per heavy atom. The standard InChI is InChI=1S/C11H13N3OS/c1-13(2)10(15)8-16-11-12-7-9-5-3-4-6-14(9)11/h3-7H,8H2,1-2H3. The molecule has 0 unspecified atom stereocenters. The van der Waals surface area contributed by atoms with Gasteiger partial charge >= 0.3 is 0 Å². The van der Waals surface area contributed by atoms with Crippen molar-refractivity contribution in [3.05, 3.63) is 30.6 Å². The van der Waals surface area contributed by atoms with Crippen molar-refractivity contribution in [1.82, 2.24) is 14.3 Å². The molecule has 0 atom stereocenters. The van der Waals surface area contributed by atoms with Crippen LogP contribution in [0.1, 0.15) is 0 Å². The lowest BCUT2D eigenvalue weighted by Gasteiger charge is -2.08. The molecule has 0 bridgehead atoms. The number of fused-ring (bicyclic) bond motifs is 1. The number of pyridine rings is 1. The maximum atomic E-state index is 11.4. The zero-order valence-corrected chi connectivity index (χ0v) is 10.1. The second-order valence-corrected chi connectivity index (χ2v) is 4.56. The molecule has 0 saturated heterocycles. The molecular weight excluding hydrogens is 222 g/mol. The largest absolute Gasteiger partial charge is 0.348 e. The van der Waals surface area contributed by atoms with Crippen molar-refractivity contribution < 1.29 is 4.79 Å². The maximum absolute atomic E-state index is 11.4. The molecule has 2 aromatic rings. The number of thioether (sulfide) groups is 1. The van der Waals surface area contributed by atoms with E-state index < -0.39 is 0 Å². The van der Waals surface area contributed by atoms with Crippen LogP contribution in [0.5, 0.6) is 0 Å². The second kappa shape index (κ2) is 4.57. The first-order valence-electron chi connectivity index (χ1n) is 4.93. The summed E-state index contributed by atoms with van der Waals surface area (Å²) in [7, 11) is 3.51. The molecule has 0 radical (unpaired) electrons. The van der Waals surface area contributed by atoms with E-state index in [9.17, 15) is 4.79 Å². The van der Waals surface area contributed by atoms with E-state index in [-0.39, 0.29) is 5.91 Å². The number of amides is 1. The van der Waals surface area contributed by atoms with Crippen LogP contribution in [0.4, 0.5) is 0 Å². The fourth-order valence-corrected chi connectivity index (χ4v) is 2.22. The highest BCUT2D eigenvalue weighted by atomic mass is 32.2. The fourth-order valence-electron chi connectivity index (χ4n) is 1.28. The number of hydrogen-bond donors (Lipinski definition) is 0. The Bertz CT molecular complexity index is 507. The molecule has 0 aliphatic heterocycles. The van der Waals surface area contributed by atoms with E-state index in [2.05, 4.69) is 4.98 Å². The highest BCUT2D eigenvalue weighted by Gasteiger charge is 2.08. The Kier molecular flexibility index (Phi) is 3.14. The summed E-state index contributed by atoms with van der Waals surface area (Å²) in [5.41, 5.74) is 1.04. The normalized spacial score (nSPS) is 10.6. The van der Waals surface area contributed by atoms with Crippen LogP contribution < -0.4 is 0 Å². The number of hydrogen-bond acceptors (Lipinski definition) is 3. The molecule has 2 aromatic heterocycles. The summed E-state index contributed by atoms with van der Waals surface area (Å²) in [6.45, 7) is 0. The third kappa shape index (κ3) is 2.19. The average Bonchev–Trinajstić information content (AvgIpc) is 2.69. The van der Waals surface area contributed by atoms with Gasteiger partial charge in [-0.3, -0.25) is 9.20 Å². The van der Waals surface area contributed by atoms with Gasteiger partial charge in [0.15, 0.2) is 5.16 Å². The van der Waals surface area contributed by atoms with Crippen LogP contribution in [-0.4, -0.2) is 40.0 Å². The lowest BCUT2D eigenvalue weighted by molar-refractivity contribution is -0.125. The Balaban J connectivity index is 2.13. The van der Waals surface area contributed by atoms with Gasteiger partial charge in [-0.25, -0.2) is 4.98 Å². The second-order valence-electron chi connectivity index (χ2n) is 3.61. The van der Waals surface area contributed by atoms with E-state index in [1.165, 1.54) is 11.8 Å². The van der Waals surface area contributed by atoms with Crippen LogP contribution in [0.3, 0.4) is 0 Å². The van der Waals surface area contributed by atoms with Gasteiger partial charge in [0.25, 0.3) is 0 Å². The summed E-state index contributed by atoms with van der Waals surface area (Å²) in [5, 5.41) is 0.853. The van der Waals surface area contributed by atoms with Gasteiger partial charge < -0.3 is 4.90 Å². The minimum atomic E-state index is 0.0951. The molecule has 84 valence electrons. The van der Waals surface area contributed by atoms with Gasteiger partial charge in [-0.05, 0) is 12.1 Å². The molecule has 16 heavy (non-hydrogen) atoms.